The fourth-order valence-corrected chi connectivity index (χ4v) is 3.09. The van der Waals surface area contributed by atoms with E-state index < -0.39 is 0 Å². The van der Waals surface area contributed by atoms with Gasteiger partial charge in [0.15, 0.2) is 0 Å². The van der Waals surface area contributed by atoms with Crippen LogP contribution in [0.1, 0.15) is 18.2 Å². The molecule has 1 heterocycles. The molecule has 1 aromatic rings. The average molecular weight is 335 g/mol. The Balaban J connectivity index is 2.57. The number of hydrogen-bond acceptors (Lipinski definition) is 4. The first-order chi connectivity index (χ1) is 8.60. The summed E-state index contributed by atoms with van der Waals surface area (Å²) in [6.45, 7) is 3.68. The minimum absolute atomic E-state index is 0.0827. The Morgan fingerprint density at radius 2 is 2.33 bits per heavy atom. The van der Waals surface area contributed by atoms with Crippen LogP contribution in [0.4, 0.5) is 0 Å². The zero-order valence-electron chi connectivity index (χ0n) is 10.7. The lowest BCUT2D eigenvalue weighted by Gasteiger charge is -2.22. The minimum atomic E-state index is -0.193. The Kier molecular flexibility index (Phi) is 6.85. The molecule has 0 bridgehead atoms. The predicted octanol–water partition coefficient (Wildman–Crippen LogP) is 2.22. The van der Waals surface area contributed by atoms with Gasteiger partial charge in [0.25, 0.3) is 0 Å². The fraction of sp³-hybridized carbons (Fsp3) is 0.583. The van der Waals surface area contributed by atoms with E-state index in [0.717, 1.165) is 3.79 Å². The van der Waals surface area contributed by atoms with Crippen molar-refractivity contribution >= 4 is 33.2 Å². The Morgan fingerprint density at radius 3 is 2.78 bits per heavy atom. The number of halogens is 1. The van der Waals surface area contributed by atoms with Gasteiger partial charge in [-0.2, -0.15) is 0 Å². The van der Waals surface area contributed by atoms with Crippen LogP contribution in [-0.4, -0.2) is 37.1 Å². The van der Waals surface area contributed by atoms with Gasteiger partial charge in [-0.3, -0.25) is 4.79 Å². The number of thiophene rings is 1. The number of ether oxygens (including phenoxy) is 1. The molecule has 0 saturated carbocycles. The van der Waals surface area contributed by atoms with Gasteiger partial charge in [-0.05, 0) is 35.0 Å². The van der Waals surface area contributed by atoms with Crippen molar-refractivity contribution < 1.29 is 9.53 Å². The van der Waals surface area contributed by atoms with Gasteiger partial charge in [0.05, 0.1) is 22.9 Å². The Morgan fingerprint density at radius 1 is 1.61 bits per heavy atom. The van der Waals surface area contributed by atoms with Crippen molar-refractivity contribution in [2.24, 2.45) is 5.73 Å². The first kappa shape index (κ1) is 15.6. The molecule has 1 atom stereocenters. The summed E-state index contributed by atoms with van der Waals surface area (Å²) in [4.78, 5) is 15.1. The maximum atomic E-state index is 12.1. The molecule has 4 nitrogen and oxygen atoms in total. The monoisotopic (exact) mass is 334 g/mol. The van der Waals surface area contributed by atoms with Gasteiger partial charge in [-0.25, -0.2) is 0 Å². The molecular weight excluding hydrogens is 316 g/mol. The van der Waals surface area contributed by atoms with Crippen molar-refractivity contribution in [1.29, 1.82) is 0 Å². The molecule has 0 aliphatic rings. The van der Waals surface area contributed by atoms with Crippen LogP contribution in [-0.2, 0) is 16.1 Å². The number of methoxy groups -OCH3 is 1. The number of rotatable bonds is 7. The molecule has 2 N–H and O–H groups in total. The van der Waals surface area contributed by atoms with Gasteiger partial charge in [-0.15, -0.1) is 11.3 Å². The molecule has 6 heteroatoms. The molecule has 1 aromatic heterocycles. The van der Waals surface area contributed by atoms with Crippen LogP contribution >= 0.6 is 27.3 Å². The molecule has 0 radical (unpaired) electrons. The third kappa shape index (κ3) is 4.68. The molecule has 18 heavy (non-hydrogen) atoms. The standard InChI is InChI=1S/C12H19BrN2O2S/c1-3-15(8-10-4-5-11(13)18-10)12(16)6-9(7-14)17-2/h4-5,9H,3,6-8,14H2,1-2H3. The van der Waals surface area contributed by atoms with E-state index in [0.29, 0.717) is 26.1 Å². The zero-order valence-corrected chi connectivity index (χ0v) is 13.1. The quantitative estimate of drug-likeness (QED) is 0.831. The highest BCUT2D eigenvalue weighted by molar-refractivity contribution is 9.11. The molecule has 1 amide bonds. The first-order valence-corrected chi connectivity index (χ1v) is 7.46. The highest BCUT2D eigenvalue weighted by Gasteiger charge is 2.17. The summed E-state index contributed by atoms with van der Waals surface area (Å²) in [5.74, 6) is 0.0827. The molecule has 0 aromatic carbocycles. The lowest BCUT2D eigenvalue weighted by molar-refractivity contribution is -0.134. The van der Waals surface area contributed by atoms with Crippen LogP contribution in [0, 0.1) is 0 Å². The topological polar surface area (TPSA) is 55.6 Å². The number of amides is 1. The Hall–Kier alpha value is -0.430. The minimum Gasteiger partial charge on any atom is -0.380 e. The van der Waals surface area contributed by atoms with E-state index >= 15 is 0 Å². The largest absolute Gasteiger partial charge is 0.380 e. The van der Waals surface area contributed by atoms with Gasteiger partial charge in [-0.1, -0.05) is 0 Å². The van der Waals surface area contributed by atoms with Gasteiger partial charge in [0, 0.05) is 25.1 Å². The SMILES string of the molecule is CCN(Cc1ccc(Br)s1)C(=O)CC(CN)OC. The number of carbonyl (C=O) groups excluding carboxylic acids is 1. The van der Waals surface area contributed by atoms with Crippen LogP contribution in [0.5, 0.6) is 0 Å². The number of nitrogens with two attached hydrogens (primary N) is 1. The van der Waals surface area contributed by atoms with Gasteiger partial charge >= 0.3 is 0 Å². The van der Waals surface area contributed by atoms with E-state index in [-0.39, 0.29) is 12.0 Å². The molecule has 1 rings (SSSR count). The maximum Gasteiger partial charge on any atom is 0.225 e. The van der Waals surface area contributed by atoms with E-state index in [1.54, 1.807) is 18.4 Å². The van der Waals surface area contributed by atoms with Crippen molar-refractivity contribution in [2.75, 3.05) is 20.2 Å². The summed E-state index contributed by atoms with van der Waals surface area (Å²) in [6, 6.07) is 4.03. The lowest BCUT2D eigenvalue weighted by Crippen LogP contribution is -2.35. The Bertz CT molecular complexity index is 380. The van der Waals surface area contributed by atoms with Crippen LogP contribution in [0.2, 0.25) is 0 Å². The summed E-state index contributed by atoms with van der Waals surface area (Å²) < 4.78 is 6.22. The van der Waals surface area contributed by atoms with Gasteiger partial charge < -0.3 is 15.4 Å². The van der Waals surface area contributed by atoms with Crippen molar-refractivity contribution in [2.45, 2.75) is 26.0 Å². The second-order valence-electron chi connectivity index (χ2n) is 3.91. The predicted molar refractivity (Wildman–Crippen MR) is 77.6 cm³/mol. The molecule has 0 aliphatic carbocycles. The van der Waals surface area contributed by atoms with Crippen LogP contribution in [0.15, 0.2) is 15.9 Å². The smallest absolute Gasteiger partial charge is 0.225 e. The number of nitrogens with zero attached hydrogens (tertiary/aromatic N) is 1. The van der Waals surface area contributed by atoms with Gasteiger partial charge in [0.1, 0.15) is 0 Å². The second-order valence-corrected chi connectivity index (χ2v) is 6.46. The second kappa shape index (κ2) is 7.89. The van der Waals surface area contributed by atoms with E-state index in [1.807, 2.05) is 24.0 Å². The van der Waals surface area contributed by atoms with Crippen molar-refractivity contribution in [3.63, 3.8) is 0 Å². The highest BCUT2D eigenvalue weighted by atomic mass is 79.9. The summed E-state index contributed by atoms with van der Waals surface area (Å²) in [7, 11) is 1.58. The summed E-state index contributed by atoms with van der Waals surface area (Å²) in [5.41, 5.74) is 5.53. The number of carbonyl (C=O) groups is 1. The molecule has 0 spiro atoms. The molecule has 0 saturated heterocycles. The summed E-state index contributed by atoms with van der Waals surface area (Å²) in [6.07, 6.45) is 0.148. The summed E-state index contributed by atoms with van der Waals surface area (Å²) >= 11 is 5.07. The van der Waals surface area contributed by atoms with E-state index in [1.165, 1.54) is 4.88 Å². The molecular formula is C12H19BrN2O2S. The van der Waals surface area contributed by atoms with Crippen molar-refractivity contribution in [3.05, 3.63) is 20.8 Å². The Labute approximate surface area is 120 Å². The van der Waals surface area contributed by atoms with Crippen LogP contribution in [0.3, 0.4) is 0 Å². The van der Waals surface area contributed by atoms with Gasteiger partial charge in [0.2, 0.25) is 5.91 Å². The van der Waals surface area contributed by atoms with E-state index in [2.05, 4.69) is 15.9 Å². The molecule has 1 unspecified atom stereocenters. The number of hydrogen-bond donors (Lipinski definition) is 1. The molecule has 102 valence electrons. The summed E-state index contributed by atoms with van der Waals surface area (Å²) in [5, 5.41) is 0. The van der Waals surface area contributed by atoms with Crippen molar-refractivity contribution in [1.82, 2.24) is 4.90 Å². The van der Waals surface area contributed by atoms with Crippen LogP contribution in [0.25, 0.3) is 0 Å². The van der Waals surface area contributed by atoms with E-state index in [4.69, 9.17) is 10.5 Å². The lowest BCUT2D eigenvalue weighted by atomic mass is 10.2. The van der Waals surface area contributed by atoms with Crippen LogP contribution < -0.4 is 5.73 Å². The van der Waals surface area contributed by atoms with E-state index in [9.17, 15) is 4.79 Å². The average Bonchev–Trinajstić information content (AvgIpc) is 2.78. The highest BCUT2D eigenvalue weighted by Crippen LogP contribution is 2.23. The fourth-order valence-electron chi connectivity index (χ4n) is 1.59. The third-order valence-electron chi connectivity index (χ3n) is 2.71. The molecule has 0 aliphatic heterocycles. The van der Waals surface area contributed by atoms with Crippen molar-refractivity contribution in [3.8, 4) is 0 Å². The first-order valence-electron chi connectivity index (χ1n) is 5.85. The zero-order chi connectivity index (χ0) is 13.5. The maximum absolute atomic E-state index is 12.1. The normalized spacial score (nSPS) is 12.4. The third-order valence-corrected chi connectivity index (χ3v) is 4.32. The molecule has 0 fully saturated rings.